The molecule has 1 aliphatic rings. The number of aryl methyl sites for hydroxylation is 1. The summed E-state index contributed by atoms with van der Waals surface area (Å²) in [6.45, 7) is 4.90. The molecule has 1 saturated heterocycles. The van der Waals surface area contributed by atoms with Crippen LogP contribution in [-0.4, -0.2) is 42.0 Å². The topological polar surface area (TPSA) is 99.3 Å². The molecule has 0 bridgehead atoms. The molecule has 1 fully saturated rings. The number of urea groups is 1. The number of benzene rings is 1. The van der Waals surface area contributed by atoms with Crippen molar-refractivity contribution in [1.29, 1.82) is 0 Å². The predicted octanol–water partition coefficient (Wildman–Crippen LogP) is 1.92. The molecule has 0 radical (unpaired) electrons. The average Bonchev–Trinajstić information content (AvgIpc) is 3.02. The summed E-state index contributed by atoms with van der Waals surface area (Å²) in [5, 5.41) is 8.48. The maximum Gasteiger partial charge on any atom is 0.322 e. The first-order valence-corrected chi connectivity index (χ1v) is 7.99. The first kappa shape index (κ1) is 16.7. The van der Waals surface area contributed by atoms with Crippen LogP contribution in [0.25, 0.3) is 0 Å². The first-order valence-electron chi connectivity index (χ1n) is 7.99. The van der Waals surface area contributed by atoms with Gasteiger partial charge in [-0.05, 0) is 37.6 Å². The van der Waals surface area contributed by atoms with Gasteiger partial charge in [0.25, 0.3) is 5.91 Å². The van der Waals surface area contributed by atoms with Crippen molar-refractivity contribution < 1.29 is 9.59 Å². The molecular formula is C17H20N6O2. The van der Waals surface area contributed by atoms with E-state index < -0.39 is 0 Å². The number of carbonyl (C=O) groups excluding carboxylic acids is 2. The van der Waals surface area contributed by atoms with Crippen molar-refractivity contribution in [1.82, 2.24) is 15.3 Å². The molecule has 2 aromatic rings. The Morgan fingerprint density at radius 1 is 1.28 bits per heavy atom. The molecule has 3 amide bonds. The van der Waals surface area contributed by atoms with Gasteiger partial charge in [0.05, 0.1) is 5.69 Å². The van der Waals surface area contributed by atoms with Crippen LogP contribution in [-0.2, 0) is 0 Å². The number of carbonyl (C=O) groups is 2. The zero-order chi connectivity index (χ0) is 18.0. The quantitative estimate of drug-likeness (QED) is 0.790. The number of aromatic nitrogens is 2. The van der Waals surface area contributed by atoms with E-state index in [1.54, 1.807) is 31.0 Å². The Morgan fingerprint density at radius 2 is 2.08 bits per heavy atom. The van der Waals surface area contributed by atoms with E-state index in [-0.39, 0.29) is 17.6 Å². The lowest BCUT2D eigenvalue weighted by molar-refractivity contribution is 0.102. The molecule has 3 N–H and O–H groups in total. The summed E-state index contributed by atoms with van der Waals surface area (Å²) in [5.41, 5.74) is 3.23. The Balaban J connectivity index is 1.87. The van der Waals surface area contributed by atoms with Crippen LogP contribution in [0.2, 0.25) is 0 Å². The number of amides is 3. The van der Waals surface area contributed by atoms with Crippen LogP contribution in [0.1, 0.15) is 21.7 Å². The molecule has 25 heavy (non-hydrogen) atoms. The SMILES string of the molecule is CNc1nc(C)cc(C(=O)Nc2cccc(N3CCNC3=O)c2C)n1. The molecule has 0 aliphatic carbocycles. The maximum atomic E-state index is 12.6. The van der Waals surface area contributed by atoms with Crippen LogP contribution in [0.3, 0.4) is 0 Å². The molecule has 1 aliphatic heterocycles. The van der Waals surface area contributed by atoms with Gasteiger partial charge in [0.2, 0.25) is 5.95 Å². The molecule has 0 saturated carbocycles. The summed E-state index contributed by atoms with van der Waals surface area (Å²) in [7, 11) is 1.70. The Bertz CT molecular complexity index is 836. The van der Waals surface area contributed by atoms with Crippen molar-refractivity contribution in [3.8, 4) is 0 Å². The van der Waals surface area contributed by atoms with E-state index >= 15 is 0 Å². The van der Waals surface area contributed by atoms with Crippen molar-refractivity contribution in [2.75, 3.05) is 35.7 Å². The third-order valence-corrected chi connectivity index (χ3v) is 4.01. The fourth-order valence-electron chi connectivity index (χ4n) is 2.74. The molecule has 130 valence electrons. The molecule has 0 spiro atoms. The molecule has 1 aromatic heterocycles. The molecule has 8 nitrogen and oxygen atoms in total. The van der Waals surface area contributed by atoms with Gasteiger partial charge in [0.15, 0.2) is 0 Å². The van der Waals surface area contributed by atoms with Crippen LogP contribution in [0.5, 0.6) is 0 Å². The van der Waals surface area contributed by atoms with Gasteiger partial charge in [-0.3, -0.25) is 9.69 Å². The van der Waals surface area contributed by atoms with Gasteiger partial charge >= 0.3 is 6.03 Å². The van der Waals surface area contributed by atoms with Crippen LogP contribution in [0.15, 0.2) is 24.3 Å². The number of rotatable bonds is 4. The molecule has 3 rings (SSSR count). The van der Waals surface area contributed by atoms with E-state index in [1.165, 1.54) is 0 Å². The number of hydrogen-bond donors (Lipinski definition) is 3. The number of nitrogens with zero attached hydrogens (tertiary/aromatic N) is 3. The Hall–Kier alpha value is -3.16. The second-order valence-electron chi connectivity index (χ2n) is 5.76. The highest BCUT2D eigenvalue weighted by Gasteiger charge is 2.23. The van der Waals surface area contributed by atoms with Crippen molar-refractivity contribution in [3.63, 3.8) is 0 Å². The lowest BCUT2D eigenvalue weighted by Crippen LogP contribution is -2.28. The Kier molecular flexibility index (Phi) is 4.51. The molecule has 1 aromatic carbocycles. The van der Waals surface area contributed by atoms with E-state index in [0.717, 1.165) is 11.3 Å². The minimum Gasteiger partial charge on any atom is -0.357 e. The van der Waals surface area contributed by atoms with E-state index in [2.05, 4.69) is 25.9 Å². The van der Waals surface area contributed by atoms with Gasteiger partial charge in [-0.2, -0.15) is 0 Å². The fraction of sp³-hybridized carbons (Fsp3) is 0.294. The number of nitrogens with one attached hydrogen (secondary N) is 3. The minimum absolute atomic E-state index is 0.128. The van der Waals surface area contributed by atoms with Crippen molar-refractivity contribution in [3.05, 3.63) is 41.2 Å². The molecule has 0 atom stereocenters. The monoisotopic (exact) mass is 340 g/mol. The van der Waals surface area contributed by atoms with Crippen LogP contribution < -0.4 is 20.9 Å². The first-order chi connectivity index (χ1) is 12.0. The summed E-state index contributed by atoms with van der Waals surface area (Å²) in [6, 6.07) is 6.98. The molecule has 0 unspecified atom stereocenters. The number of hydrogen-bond acceptors (Lipinski definition) is 5. The zero-order valence-electron chi connectivity index (χ0n) is 14.4. The standard InChI is InChI=1S/C17H20N6O2/c1-10-9-13(22-16(18-3)20-10)15(24)21-12-5-4-6-14(11(12)2)23-8-7-19-17(23)25/h4-6,9H,7-8H2,1-3H3,(H,19,25)(H,21,24)(H,18,20,22). The Labute approximate surface area is 145 Å². The highest BCUT2D eigenvalue weighted by atomic mass is 16.2. The molecular weight excluding hydrogens is 320 g/mol. The summed E-state index contributed by atoms with van der Waals surface area (Å²) in [5.74, 6) is 0.0671. The fourth-order valence-corrected chi connectivity index (χ4v) is 2.74. The van der Waals surface area contributed by atoms with Gasteiger partial charge in [0, 0.05) is 31.5 Å². The van der Waals surface area contributed by atoms with E-state index in [9.17, 15) is 9.59 Å². The van der Waals surface area contributed by atoms with Crippen LogP contribution in [0, 0.1) is 13.8 Å². The van der Waals surface area contributed by atoms with Crippen molar-refractivity contribution >= 4 is 29.3 Å². The van der Waals surface area contributed by atoms with Gasteiger partial charge in [-0.25, -0.2) is 14.8 Å². The van der Waals surface area contributed by atoms with E-state index in [1.807, 2.05) is 19.1 Å². The summed E-state index contributed by atoms with van der Waals surface area (Å²) in [4.78, 5) is 34.5. The van der Waals surface area contributed by atoms with Crippen molar-refractivity contribution in [2.45, 2.75) is 13.8 Å². The normalized spacial score (nSPS) is 13.6. The second kappa shape index (κ2) is 6.76. The van der Waals surface area contributed by atoms with Gasteiger partial charge < -0.3 is 16.0 Å². The largest absolute Gasteiger partial charge is 0.357 e. The van der Waals surface area contributed by atoms with Gasteiger partial charge in [-0.1, -0.05) is 6.07 Å². The summed E-state index contributed by atoms with van der Waals surface area (Å²) in [6.07, 6.45) is 0. The van der Waals surface area contributed by atoms with Crippen LogP contribution in [0.4, 0.5) is 22.1 Å². The van der Waals surface area contributed by atoms with E-state index in [4.69, 9.17) is 0 Å². The highest BCUT2D eigenvalue weighted by molar-refractivity contribution is 6.04. The summed E-state index contributed by atoms with van der Waals surface area (Å²) < 4.78 is 0. The van der Waals surface area contributed by atoms with Crippen molar-refractivity contribution in [2.24, 2.45) is 0 Å². The van der Waals surface area contributed by atoms with Gasteiger partial charge in [0.1, 0.15) is 5.69 Å². The van der Waals surface area contributed by atoms with Crippen LogP contribution >= 0.6 is 0 Å². The van der Waals surface area contributed by atoms with E-state index in [0.29, 0.717) is 30.4 Å². The predicted molar refractivity (Wildman–Crippen MR) is 96.2 cm³/mol. The maximum absolute atomic E-state index is 12.6. The number of anilines is 3. The van der Waals surface area contributed by atoms with Gasteiger partial charge in [-0.15, -0.1) is 0 Å². The lowest BCUT2D eigenvalue weighted by Gasteiger charge is -2.19. The molecule has 2 heterocycles. The third-order valence-electron chi connectivity index (χ3n) is 4.01. The Morgan fingerprint density at radius 3 is 2.76 bits per heavy atom. The lowest BCUT2D eigenvalue weighted by atomic mass is 10.1. The minimum atomic E-state index is -0.326. The zero-order valence-corrected chi connectivity index (χ0v) is 14.4. The highest BCUT2D eigenvalue weighted by Crippen LogP contribution is 2.28. The summed E-state index contributed by atoms with van der Waals surface area (Å²) >= 11 is 0. The molecule has 8 heteroatoms. The second-order valence-corrected chi connectivity index (χ2v) is 5.76. The average molecular weight is 340 g/mol. The third kappa shape index (κ3) is 3.37. The smallest absolute Gasteiger partial charge is 0.322 e.